The second kappa shape index (κ2) is 3.98. The monoisotopic (exact) mass is 196 g/mol. The van der Waals surface area contributed by atoms with E-state index in [1.54, 1.807) is 0 Å². The molecule has 4 heteroatoms. The Labute approximate surface area is 84.0 Å². The molecule has 0 aromatic rings. The molecule has 2 aliphatic rings. The van der Waals surface area contributed by atoms with Gasteiger partial charge in [-0.2, -0.15) is 0 Å². The van der Waals surface area contributed by atoms with E-state index in [1.165, 1.54) is 0 Å². The molecule has 0 aromatic heterocycles. The SMILES string of the molecule is CC1CN=C(CCC2=NCC(C)O2)O1. The summed E-state index contributed by atoms with van der Waals surface area (Å²) < 4.78 is 11.0. The van der Waals surface area contributed by atoms with Gasteiger partial charge in [0.25, 0.3) is 0 Å². The molecule has 0 aromatic carbocycles. The number of hydrogen-bond donors (Lipinski definition) is 0. The lowest BCUT2D eigenvalue weighted by Crippen LogP contribution is -2.11. The van der Waals surface area contributed by atoms with Gasteiger partial charge in [0, 0.05) is 12.8 Å². The van der Waals surface area contributed by atoms with Gasteiger partial charge in [-0.05, 0) is 13.8 Å². The fourth-order valence-electron chi connectivity index (χ4n) is 1.56. The summed E-state index contributed by atoms with van der Waals surface area (Å²) in [6.07, 6.45) is 2.12. The van der Waals surface area contributed by atoms with Gasteiger partial charge in [-0.3, -0.25) is 9.98 Å². The summed E-state index contributed by atoms with van der Waals surface area (Å²) in [7, 11) is 0. The van der Waals surface area contributed by atoms with Gasteiger partial charge in [-0.15, -0.1) is 0 Å². The molecule has 0 amide bonds. The van der Waals surface area contributed by atoms with Crippen LogP contribution in [0.5, 0.6) is 0 Å². The normalized spacial score (nSPS) is 30.7. The number of aliphatic imine (C=N–C) groups is 2. The quantitative estimate of drug-likeness (QED) is 0.684. The number of nitrogens with zero attached hydrogens (tertiary/aromatic N) is 2. The number of rotatable bonds is 3. The first-order chi connectivity index (χ1) is 6.74. The molecule has 2 heterocycles. The van der Waals surface area contributed by atoms with Crippen LogP contribution in [0.25, 0.3) is 0 Å². The van der Waals surface area contributed by atoms with E-state index < -0.39 is 0 Å². The van der Waals surface area contributed by atoms with E-state index in [2.05, 4.69) is 9.98 Å². The summed E-state index contributed by atoms with van der Waals surface area (Å²) in [6.45, 7) is 5.64. The van der Waals surface area contributed by atoms with Crippen molar-refractivity contribution in [2.75, 3.05) is 13.1 Å². The minimum Gasteiger partial charge on any atom is -0.476 e. The highest BCUT2D eigenvalue weighted by molar-refractivity contribution is 5.85. The molecule has 2 atom stereocenters. The largest absolute Gasteiger partial charge is 0.476 e. The number of hydrogen-bond acceptors (Lipinski definition) is 4. The van der Waals surface area contributed by atoms with Crippen molar-refractivity contribution < 1.29 is 9.47 Å². The lowest BCUT2D eigenvalue weighted by molar-refractivity contribution is 0.231. The van der Waals surface area contributed by atoms with E-state index in [9.17, 15) is 0 Å². The van der Waals surface area contributed by atoms with E-state index in [0.717, 1.165) is 37.7 Å². The molecule has 0 aliphatic carbocycles. The maximum atomic E-state index is 5.49. The molecule has 0 radical (unpaired) electrons. The van der Waals surface area contributed by atoms with E-state index in [4.69, 9.17) is 9.47 Å². The zero-order valence-corrected chi connectivity index (χ0v) is 8.69. The van der Waals surface area contributed by atoms with Crippen LogP contribution in [-0.2, 0) is 9.47 Å². The lowest BCUT2D eigenvalue weighted by Gasteiger charge is -2.06. The summed E-state index contributed by atoms with van der Waals surface area (Å²) in [4.78, 5) is 8.56. The molecule has 0 spiro atoms. The Morgan fingerprint density at radius 2 is 1.43 bits per heavy atom. The third-order valence-electron chi connectivity index (χ3n) is 2.28. The van der Waals surface area contributed by atoms with Crippen LogP contribution in [0.2, 0.25) is 0 Å². The standard InChI is InChI=1S/C10H16N2O2/c1-7-5-11-9(13-7)3-4-10-12-6-8(2)14-10/h7-8H,3-6H2,1-2H3. The summed E-state index contributed by atoms with van der Waals surface area (Å²) in [5.74, 6) is 1.70. The first-order valence-electron chi connectivity index (χ1n) is 5.14. The Morgan fingerprint density at radius 1 is 1.00 bits per heavy atom. The smallest absolute Gasteiger partial charge is 0.184 e. The molecular formula is C10H16N2O2. The molecular weight excluding hydrogens is 180 g/mol. The Hall–Kier alpha value is -1.06. The Bertz CT molecular complexity index is 245. The fourth-order valence-corrected chi connectivity index (χ4v) is 1.56. The molecule has 0 fully saturated rings. The molecule has 14 heavy (non-hydrogen) atoms. The van der Waals surface area contributed by atoms with Crippen molar-refractivity contribution in [2.24, 2.45) is 9.98 Å². The zero-order valence-electron chi connectivity index (χ0n) is 8.69. The average Bonchev–Trinajstić information content (AvgIpc) is 2.72. The molecule has 0 saturated carbocycles. The van der Waals surface area contributed by atoms with Crippen molar-refractivity contribution in [2.45, 2.75) is 38.9 Å². The number of ether oxygens (including phenoxy) is 2. The Kier molecular flexibility index (Phi) is 2.70. The molecule has 2 rings (SSSR count). The van der Waals surface area contributed by atoms with Crippen LogP contribution in [0, 0.1) is 0 Å². The summed E-state index contributed by atoms with van der Waals surface area (Å²) in [6, 6.07) is 0. The van der Waals surface area contributed by atoms with Crippen LogP contribution in [0.3, 0.4) is 0 Å². The second-order valence-electron chi connectivity index (χ2n) is 3.83. The van der Waals surface area contributed by atoms with Crippen molar-refractivity contribution >= 4 is 11.8 Å². The van der Waals surface area contributed by atoms with Gasteiger partial charge in [-0.25, -0.2) is 0 Å². The molecule has 0 bridgehead atoms. The van der Waals surface area contributed by atoms with Gasteiger partial charge >= 0.3 is 0 Å². The highest BCUT2D eigenvalue weighted by atomic mass is 16.5. The minimum absolute atomic E-state index is 0.246. The van der Waals surface area contributed by atoms with Gasteiger partial charge in [-0.1, -0.05) is 0 Å². The third kappa shape index (κ3) is 2.25. The van der Waals surface area contributed by atoms with E-state index in [1.807, 2.05) is 13.8 Å². The molecule has 0 saturated heterocycles. The summed E-state index contributed by atoms with van der Waals surface area (Å²) in [5.41, 5.74) is 0. The second-order valence-corrected chi connectivity index (χ2v) is 3.83. The van der Waals surface area contributed by atoms with Crippen LogP contribution in [0.4, 0.5) is 0 Å². The third-order valence-corrected chi connectivity index (χ3v) is 2.28. The predicted octanol–water partition coefficient (Wildman–Crippen LogP) is 1.40. The van der Waals surface area contributed by atoms with Crippen LogP contribution < -0.4 is 0 Å². The zero-order chi connectivity index (χ0) is 9.97. The lowest BCUT2D eigenvalue weighted by atomic mass is 10.3. The maximum Gasteiger partial charge on any atom is 0.184 e. The predicted molar refractivity (Wildman–Crippen MR) is 54.9 cm³/mol. The molecule has 2 unspecified atom stereocenters. The van der Waals surface area contributed by atoms with Crippen LogP contribution >= 0.6 is 0 Å². The minimum atomic E-state index is 0.246. The van der Waals surface area contributed by atoms with Gasteiger partial charge in [0.2, 0.25) is 0 Å². The van der Waals surface area contributed by atoms with Crippen LogP contribution in [0.15, 0.2) is 9.98 Å². The van der Waals surface area contributed by atoms with Crippen LogP contribution in [0.1, 0.15) is 26.7 Å². The van der Waals surface area contributed by atoms with Crippen LogP contribution in [-0.4, -0.2) is 37.1 Å². The maximum absolute atomic E-state index is 5.49. The van der Waals surface area contributed by atoms with Gasteiger partial charge < -0.3 is 9.47 Å². The van der Waals surface area contributed by atoms with Gasteiger partial charge in [0.1, 0.15) is 12.2 Å². The topological polar surface area (TPSA) is 43.2 Å². The van der Waals surface area contributed by atoms with E-state index >= 15 is 0 Å². The first kappa shape index (κ1) is 9.49. The summed E-state index contributed by atoms with van der Waals surface area (Å²) >= 11 is 0. The van der Waals surface area contributed by atoms with Gasteiger partial charge in [0.15, 0.2) is 11.8 Å². The van der Waals surface area contributed by atoms with Crippen molar-refractivity contribution in [3.05, 3.63) is 0 Å². The highest BCUT2D eigenvalue weighted by Crippen LogP contribution is 2.12. The van der Waals surface area contributed by atoms with E-state index in [-0.39, 0.29) is 12.2 Å². The molecule has 0 N–H and O–H groups in total. The Morgan fingerprint density at radius 3 is 1.71 bits per heavy atom. The summed E-state index contributed by atoms with van der Waals surface area (Å²) in [5, 5.41) is 0. The highest BCUT2D eigenvalue weighted by Gasteiger charge is 2.18. The molecule has 78 valence electrons. The molecule has 2 aliphatic heterocycles. The average molecular weight is 196 g/mol. The van der Waals surface area contributed by atoms with Crippen molar-refractivity contribution in [3.63, 3.8) is 0 Å². The first-order valence-corrected chi connectivity index (χ1v) is 5.14. The van der Waals surface area contributed by atoms with Crippen molar-refractivity contribution in [3.8, 4) is 0 Å². The van der Waals surface area contributed by atoms with Gasteiger partial charge in [0.05, 0.1) is 13.1 Å². The molecule has 4 nitrogen and oxygen atoms in total. The van der Waals surface area contributed by atoms with Crippen molar-refractivity contribution in [1.29, 1.82) is 0 Å². The van der Waals surface area contributed by atoms with E-state index in [0.29, 0.717) is 0 Å². The Balaban J connectivity index is 1.73. The van der Waals surface area contributed by atoms with Crippen molar-refractivity contribution in [1.82, 2.24) is 0 Å². The fraction of sp³-hybridized carbons (Fsp3) is 0.800.